The summed E-state index contributed by atoms with van der Waals surface area (Å²) in [5, 5.41) is 0.842. The Morgan fingerprint density at radius 1 is 1.00 bits per heavy atom. The number of hydrogen-bond acceptors (Lipinski definition) is 3. The lowest BCUT2D eigenvalue weighted by Gasteiger charge is -2.14. The molecule has 1 heterocycles. The molecule has 0 amide bonds. The van der Waals surface area contributed by atoms with Crippen molar-refractivity contribution >= 4 is 23.2 Å². The molecule has 0 fully saturated rings. The molecule has 0 aliphatic rings. The normalized spacial score (nSPS) is 10.4. The summed E-state index contributed by atoms with van der Waals surface area (Å²) in [7, 11) is 3.09. The molecule has 0 radical (unpaired) electrons. The molecule has 0 N–H and O–H groups in total. The van der Waals surface area contributed by atoms with Crippen molar-refractivity contribution < 1.29 is 9.47 Å². The number of benzene rings is 1. The van der Waals surface area contributed by atoms with Crippen LogP contribution in [0.4, 0.5) is 0 Å². The van der Waals surface area contributed by atoms with Crippen LogP contribution in [-0.2, 0) is 0 Å². The highest BCUT2D eigenvalue weighted by atomic mass is 35.5. The van der Waals surface area contributed by atoms with E-state index in [0.717, 1.165) is 5.56 Å². The van der Waals surface area contributed by atoms with Gasteiger partial charge in [0.2, 0.25) is 0 Å². The van der Waals surface area contributed by atoms with Crippen molar-refractivity contribution in [2.45, 2.75) is 6.92 Å². The molecule has 0 saturated heterocycles. The summed E-state index contributed by atoms with van der Waals surface area (Å²) in [5.41, 5.74) is 2.35. The number of pyridine rings is 1. The number of aromatic nitrogens is 1. The van der Waals surface area contributed by atoms with Gasteiger partial charge in [-0.2, -0.15) is 0 Å². The third kappa shape index (κ3) is 2.62. The average molecular weight is 298 g/mol. The predicted molar refractivity (Wildman–Crippen MR) is 77.5 cm³/mol. The molecule has 3 nitrogen and oxygen atoms in total. The summed E-state index contributed by atoms with van der Waals surface area (Å²) in [6, 6.07) is 5.46. The number of halogens is 2. The van der Waals surface area contributed by atoms with Gasteiger partial charge in [-0.3, -0.25) is 4.98 Å². The SMILES string of the molecule is COc1cc(OC)c(Cl)c(-c2ccc(C)cn2)c1Cl. The van der Waals surface area contributed by atoms with E-state index in [1.54, 1.807) is 26.5 Å². The summed E-state index contributed by atoms with van der Waals surface area (Å²) < 4.78 is 10.5. The fraction of sp³-hybridized carbons (Fsp3) is 0.214. The largest absolute Gasteiger partial charge is 0.495 e. The molecule has 0 aliphatic heterocycles. The van der Waals surface area contributed by atoms with Gasteiger partial charge in [0, 0.05) is 17.8 Å². The molecule has 100 valence electrons. The minimum absolute atomic E-state index is 0.421. The summed E-state index contributed by atoms with van der Waals surface area (Å²) in [6.07, 6.45) is 1.76. The first kappa shape index (κ1) is 14.0. The van der Waals surface area contributed by atoms with Gasteiger partial charge in [0.25, 0.3) is 0 Å². The molecule has 0 unspecified atom stereocenters. The Hall–Kier alpha value is -1.45. The van der Waals surface area contributed by atoms with Crippen LogP contribution in [0.3, 0.4) is 0 Å². The number of methoxy groups -OCH3 is 2. The van der Waals surface area contributed by atoms with Crippen LogP contribution in [0, 0.1) is 6.92 Å². The quantitative estimate of drug-likeness (QED) is 0.842. The smallest absolute Gasteiger partial charge is 0.141 e. The molecule has 19 heavy (non-hydrogen) atoms. The van der Waals surface area contributed by atoms with E-state index in [-0.39, 0.29) is 0 Å². The molecule has 0 saturated carbocycles. The van der Waals surface area contributed by atoms with Gasteiger partial charge in [-0.05, 0) is 18.6 Å². The van der Waals surface area contributed by atoms with Crippen molar-refractivity contribution in [3.63, 3.8) is 0 Å². The average Bonchev–Trinajstić information content (AvgIpc) is 2.41. The summed E-state index contributed by atoms with van der Waals surface area (Å²) in [5.74, 6) is 1.00. The van der Waals surface area contributed by atoms with Crippen LogP contribution >= 0.6 is 23.2 Å². The lowest BCUT2D eigenvalue weighted by atomic mass is 10.1. The number of nitrogens with zero attached hydrogens (tertiary/aromatic N) is 1. The third-order valence-corrected chi connectivity index (χ3v) is 3.49. The Morgan fingerprint density at radius 2 is 1.58 bits per heavy atom. The molecule has 5 heteroatoms. The van der Waals surface area contributed by atoms with Gasteiger partial charge in [0.15, 0.2) is 0 Å². The minimum atomic E-state index is 0.421. The van der Waals surface area contributed by atoms with Gasteiger partial charge in [-0.25, -0.2) is 0 Å². The first-order chi connectivity index (χ1) is 9.08. The van der Waals surface area contributed by atoms with Crippen LogP contribution in [0.2, 0.25) is 10.0 Å². The van der Waals surface area contributed by atoms with Crippen LogP contribution in [0.1, 0.15) is 5.56 Å². The van der Waals surface area contributed by atoms with Crippen molar-refractivity contribution in [2.24, 2.45) is 0 Å². The second kappa shape index (κ2) is 5.68. The standard InChI is InChI=1S/C14H13Cl2NO2/c1-8-4-5-9(17-7-8)12-13(15)10(18-2)6-11(19-3)14(12)16/h4-7H,1-3H3. The highest BCUT2D eigenvalue weighted by molar-refractivity contribution is 6.41. The first-order valence-corrected chi connectivity index (χ1v) is 6.37. The maximum absolute atomic E-state index is 6.31. The maximum atomic E-state index is 6.31. The molecule has 0 bridgehead atoms. The molecule has 1 aromatic heterocycles. The fourth-order valence-corrected chi connectivity index (χ4v) is 2.42. The summed E-state index contributed by atoms with van der Waals surface area (Å²) in [6.45, 7) is 1.96. The van der Waals surface area contributed by atoms with Gasteiger partial charge in [-0.15, -0.1) is 0 Å². The Kier molecular flexibility index (Phi) is 4.17. The summed E-state index contributed by atoms with van der Waals surface area (Å²) >= 11 is 12.6. The van der Waals surface area contributed by atoms with E-state index in [2.05, 4.69) is 4.98 Å². The molecular weight excluding hydrogens is 285 g/mol. The lowest BCUT2D eigenvalue weighted by molar-refractivity contribution is 0.395. The number of hydrogen-bond donors (Lipinski definition) is 0. The Labute approximate surface area is 122 Å². The van der Waals surface area contributed by atoms with Crippen LogP contribution in [0.25, 0.3) is 11.3 Å². The van der Waals surface area contributed by atoms with Crippen LogP contribution in [0.15, 0.2) is 24.4 Å². The zero-order valence-electron chi connectivity index (χ0n) is 10.8. The monoisotopic (exact) mass is 297 g/mol. The molecule has 0 aliphatic carbocycles. The second-order valence-electron chi connectivity index (χ2n) is 4.00. The van der Waals surface area contributed by atoms with Crippen LogP contribution < -0.4 is 9.47 Å². The lowest BCUT2D eigenvalue weighted by Crippen LogP contribution is -1.94. The van der Waals surface area contributed by atoms with Gasteiger partial charge in [0.1, 0.15) is 11.5 Å². The Morgan fingerprint density at radius 3 is 2.00 bits per heavy atom. The van der Waals surface area contributed by atoms with E-state index >= 15 is 0 Å². The van der Waals surface area contributed by atoms with Gasteiger partial charge >= 0.3 is 0 Å². The van der Waals surface area contributed by atoms with E-state index in [1.807, 2.05) is 19.1 Å². The maximum Gasteiger partial charge on any atom is 0.141 e. The molecule has 1 aromatic carbocycles. The van der Waals surface area contributed by atoms with E-state index in [9.17, 15) is 0 Å². The minimum Gasteiger partial charge on any atom is -0.495 e. The molecule has 0 atom stereocenters. The fourth-order valence-electron chi connectivity index (χ4n) is 1.73. The van der Waals surface area contributed by atoms with Crippen molar-refractivity contribution in [3.8, 4) is 22.8 Å². The predicted octanol–water partition coefficient (Wildman–Crippen LogP) is 4.38. The summed E-state index contributed by atoms with van der Waals surface area (Å²) in [4.78, 5) is 4.34. The van der Waals surface area contributed by atoms with Gasteiger partial charge < -0.3 is 9.47 Å². The number of aryl methyl sites for hydroxylation is 1. The zero-order valence-corrected chi connectivity index (χ0v) is 12.3. The van der Waals surface area contributed by atoms with Crippen molar-refractivity contribution in [2.75, 3.05) is 14.2 Å². The van der Waals surface area contributed by atoms with Crippen LogP contribution in [0.5, 0.6) is 11.5 Å². The highest BCUT2D eigenvalue weighted by Crippen LogP contribution is 2.45. The zero-order chi connectivity index (χ0) is 14.0. The number of ether oxygens (including phenoxy) is 2. The van der Waals surface area contributed by atoms with Crippen molar-refractivity contribution in [3.05, 3.63) is 40.0 Å². The Bertz CT molecular complexity index is 569. The van der Waals surface area contributed by atoms with Gasteiger partial charge in [-0.1, -0.05) is 29.3 Å². The topological polar surface area (TPSA) is 31.4 Å². The Balaban J connectivity index is 2.70. The molecular formula is C14H13Cl2NO2. The molecule has 2 aromatic rings. The molecule has 0 spiro atoms. The third-order valence-electron chi connectivity index (χ3n) is 2.74. The number of rotatable bonds is 3. The van der Waals surface area contributed by atoms with E-state index in [0.29, 0.717) is 32.8 Å². The highest BCUT2D eigenvalue weighted by Gasteiger charge is 2.19. The van der Waals surface area contributed by atoms with Crippen molar-refractivity contribution in [1.29, 1.82) is 0 Å². The van der Waals surface area contributed by atoms with Crippen molar-refractivity contribution in [1.82, 2.24) is 4.98 Å². The second-order valence-corrected chi connectivity index (χ2v) is 4.76. The van der Waals surface area contributed by atoms with E-state index in [1.165, 1.54) is 0 Å². The van der Waals surface area contributed by atoms with Crippen LogP contribution in [-0.4, -0.2) is 19.2 Å². The first-order valence-electron chi connectivity index (χ1n) is 5.61. The van der Waals surface area contributed by atoms with E-state index < -0.39 is 0 Å². The van der Waals surface area contributed by atoms with Gasteiger partial charge in [0.05, 0.1) is 30.0 Å². The van der Waals surface area contributed by atoms with E-state index in [4.69, 9.17) is 32.7 Å². The molecule has 2 rings (SSSR count).